The number of carboxylic acid groups (broad SMARTS) is 1. The number of sulfonamides is 1. The van der Waals surface area contributed by atoms with Gasteiger partial charge in [0.15, 0.2) is 0 Å². The Bertz CT molecular complexity index is 1310. The third kappa shape index (κ3) is 6.70. The predicted molar refractivity (Wildman–Crippen MR) is 129 cm³/mol. The van der Waals surface area contributed by atoms with E-state index in [4.69, 9.17) is 9.15 Å². The van der Waals surface area contributed by atoms with Crippen LogP contribution in [-0.2, 0) is 16.6 Å². The van der Waals surface area contributed by atoms with Gasteiger partial charge in [-0.25, -0.2) is 0 Å². The number of benzene rings is 2. The van der Waals surface area contributed by atoms with E-state index in [2.05, 4.69) is 0 Å². The van der Waals surface area contributed by atoms with Crippen LogP contribution < -0.4 is 43.7 Å². The van der Waals surface area contributed by atoms with E-state index in [1.807, 2.05) is 39.8 Å². The Morgan fingerprint density at radius 1 is 1.00 bits per heavy atom. The maximum absolute atomic E-state index is 13.6. The fourth-order valence-corrected chi connectivity index (χ4v) is 5.13. The molecule has 0 saturated heterocycles. The first-order valence-electron chi connectivity index (χ1n) is 11.0. The van der Waals surface area contributed by atoms with Crippen LogP contribution in [0.3, 0.4) is 0 Å². The zero-order valence-electron chi connectivity index (χ0n) is 21.3. The van der Waals surface area contributed by atoms with Crippen molar-refractivity contribution in [2.24, 2.45) is 5.92 Å². The second kappa shape index (κ2) is 11.6. The Morgan fingerprint density at radius 2 is 1.66 bits per heavy atom. The summed E-state index contributed by atoms with van der Waals surface area (Å²) in [5, 5.41) is 11.0. The first-order chi connectivity index (χ1) is 15.9. The Kier molecular flexibility index (Phi) is 9.64. The van der Waals surface area contributed by atoms with Crippen molar-refractivity contribution in [2.45, 2.75) is 53.2 Å². The molecule has 0 bridgehead atoms. The molecule has 0 radical (unpaired) electrons. The van der Waals surface area contributed by atoms with Crippen molar-refractivity contribution in [3.63, 3.8) is 0 Å². The van der Waals surface area contributed by atoms with Crippen molar-refractivity contribution in [1.29, 1.82) is 0 Å². The Hall–Kier alpha value is -2.26. The molecule has 1 heterocycles. The summed E-state index contributed by atoms with van der Waals surface area (Å²) < 4.78 is 40.1. The molecule has 0 fully saturated rings. The van der Waals surface area contributed by atoms with E-state index < -0.39 is 16.0 Å². The Labute approximate surface area is 229 Å². The van der Waals surface area contributed by atoms with Crippen LogP contribution in [0.5, 0.6) is 5.75 Å². The number of ether oxygens (including phenoxy) is 1. The SMILES string of the molecule is Cc1ccc(S(=O)(=O)N(CC(C)C)c2cc(C)c(C)cc2OCc2ccc(C(=O)[O-])cc2C)o1.[Na+]. The molecule has 0 aliphatic rings. The number of furan rings is 1. The van der Waals surface area contributed by atoms with Gasteiger partial charge in [-0.1, -0.05) is 26.0 Å². The number of anilines is 1. The first-order valence-corrected chi connectivity index (χ1v) is 12.5. The standard InChI is InChI=1S/C26H31NO6S.Na/c1-16(2)14-27(34(30,31)25-10-7-20(6)33-25)23-12-17(3)18(4)13-24(23)32-15-22-9-8-21(26(28)29)11-19(22)5;/h7-13,16H,14-15H2,1-6H3,(H,28,29);/q;+1/p-1. The molecule has 0 unspecified atom stereocenters. The number of carbonyl (C=O) groups excluding carboxylic acids is 1. The van der Waals surface area contributed by atoms with Gasteiger partial charge in [0, 0.05) is 6.54 Å². The molecule has 3 aromatic rings. The number of aryl methyl sites for hydroxylation is 4. The van der Waals surface area contributed by atoms with E-state index >= 15 is 0 Å². The van der Waals surface area contributed by atoms with Gasteiger partial charge in [0.25, 0.3) is 10.0 Å². The van der Waals surface area contributed by atoms with Crippen molar-refractivity contribution in [2.75, 3.05) is 10.8 Å². The topological polar surface area (TPSA) is 99.9 Å². The maximum atomic E-state index is 13.6. The minimum Gasteiger partial charge on any atom is -0.545 e. The summed E-state index contributed by atoms with van der Waals surface area (Å²) in [4.78, 5) is 11.1. The third-order valence-electron chi connectivity index (χ3n) is 5.60. The van der Waals surface area contributed by atoms with Crippen LogP contribution in [0.15, 0.2) is 52.0 Å². The minimum atomic E-state index is -3.97. The first kappa shape index (κ1) is 29.0. The zero-order valence-corrected chi connectivity index (χ0v) is 24.2. The Balaban J connectivity index is 0.00000432. The van der Waals surface area contributed by atoms with Crippen molar-refractivity contribution in [3.05, 3.63) is 76.0 Å². The Morgan fingerprint density at radius 3 is 2.20 bits per heavy atom. The molecule has 0 N–H and O–H groups in total. The van der Waals surface area contributed by atoms with Crippen LogP contribution in [0.2, 0.25) is 0 Å². The molecular weight excluding hydrogens is 477 g/mol. The van der Waals surface area contributed by atoms with E-state index in [9.17, 15) is 18.3 Å². The third-order valence-corrected chi connectivity index (χ3v) is 7.25. The van der Waals surface area contributed by atoms with E-state index in [0.717, 1.165) is 22.3 Å². The van der Waals surface area contributed by atoms with Gasteiger partial charge in [-0.3, -0.25) is 4.31 Å². The zero-order chi connectivity index (χ0) is 25.2. The minimum absolute atomic E-state index is 0. The normalized spacial score (nSPS) is 11.3. The molecule has 2 aromatic carbocycles. The molecule has 0 atom stereocenters. The molecule has 9 heteroatoms. The van der Waals surface area contributed by atoms with Crippen LogP contribution in [-0.4, -0.2) is 20.9 Å². The van der Waals surface area contributed by atoms with Gasteiger partial charge >= 0.3 is 29.6 Å². The molecule has 0 amide bonds. The second-order valence-electron chi connectivity index (χ2n) is 8.92. The monoisotopic (exact) mass is 507 g/mol. The quantitative estimate of drug-likeness (QED) is 0.405. The van der Waals surface area contributed by atoms with Crippen molar-refractivity contribution >= 4 is 21.7 Å². The average molecular weight is 508 g/mol. The largest absolute Gasteiger partial charge is 1.00 e. The molecule has 3 rings (SSSR count). The summed E-state index contributed by atoms with van der Waals surface area (Å²) in [5.41, 5.74) is 3.93. The van der Waals surface area contributed by atoms with Gasteiger partial charge in [0.2, 0.25) is 5.09 Å². The van der Waals surface area contributed by atoms with Gasteiger partial charge in [-0.15, -0.1) is 0 Å². The van der Waals surface area contributed by atoms with Crippen LogP contribution in [0.1, 0.15) is 52.2 Å². The van der Waals surface area contributed by atoms with Crippen LogP contribution >= 0.6 is 0 Å². The number of nitrogens with zero attached hydrogens (tertiary/aromatic N) is 1. The summed E-state index contributed by atoms with van der Waals surface area (Å²) in [6.07, 6.45) is 0. The van der Waals surface area contributed by atoms with Gasteiger partial charge < -0.3 is 19.1 Å². The summed E-state index contributed by atoms with van der Waals surface area (Å²) in [5.74, 6) is -0.275. The number of carbonyl (C=O) groups is 1. The molecule has 0 aliphatic heterocycles. The number of hydrogen-bond donors (Lipinski definition) is 0. The molecule has 0 saturated carbocycles. The fourth-order valence-electron chi connectivity index (χ4n) is 3.54. The predicted octanol–water partition coefficient (Wildman–Crippen LogP) is 1.31. The number of hydrogen-bond acceptors (Lipinski definition) is 6. The summed E-state index contributed by atoms with van der Waals surface area (Å²) >= 11 is 0. The molecule has 0 spiro atoms. The summed E-state index contributed by atoms with van der Waals surface area (Å²) in [6, 6.07) is 11.4. The van der Waals surface area contributed by atoms with Crippen LogP contribution in [0.25, 0.3) is 0 Å². The molecule has 182 valence electrons. The van der Waals surface area contributed by atoms with E-state index in [-0.39, 0.29) is 59.3 Å². The van der Waals surface area contributed by atoms with E-state index in [1.165, 1.54) is 22.5 Å². The summed E-state index contributed by atoms with van der Waals surface area (Å²) in [6.45, 7) is 11.6. The molecule has 0 aliphatic carbocycles. The smallest absolute Gasteiger partial charge is 0.545 e. The average Bonchev–Trinajstić information content (AvgIpc) is 3.20. The van der Waals surface area contributed by atoms with Crippen molar-refractivity contribution in [1.82, 2.24) is 0 Å². The van der Waals surface area contributed by atoms with E-state index in [1.54, 1.807) is 26.0 Å². The van der Waals surface area contributed by atoms with Crippen LogP contribution in [0, 0.1) is 33.6 Å². The van der Waals surface area contributed by atoms with Gasteiger partial charge in [-0.05, 0) is 91.8 Å². The molecule has 1 aromatic heterocycles. The number of carboxylic acids is 1. The molecule has 35 heavy (non-hydrogen) atoms. The summed E-state index contributed by atoms with van der Waals surface area (Å²) in [7, 11) is -3.97. The fraction of sp³-hybridized carbons (Fsp3) is 0.346. The van der Waals surface area contributed by atoms with E-state index in [0.29, 0.717) is 17.2 Å². The van der Waals surface area contributed by atoms with Gasteiger partial charge in [0.1, 0.15) is 18.1 Å². The van der Waals surface area contributed by atoms with Crippen molar-refractivity contribution in [3.8, 4) is 5.75 Å². The molecular formula is C26H30NNaO6S. The molecule has 7 nitrogen and oxygen atoms in total. The van der Waals surface area contributed by atoms with Gasteiger partial charge in [-0.2, -0.15) is 8.42 Å². The van der Waals surface area contributed by atoms with Crippen LogP contribution in [0.4, 0.5) is 5.69 Å². The number of aromatic carboxylic acids is 1. The second-order valence-corrected chi connectivity index (χ2v) is 10.7. The number of rotatable bonds is 9. The van der Waals surface area contributed by atoms with Crippen molar-refractivity contribution < 1.29 is 57.0 Å². The van der Waals surface area contributed by atoms with Gasteiger partial charge in [0.05, 0.1) is 11.7 Å². The maximum Gasteiger partial charge on any atom is 1.00 e.